The van der Waals surface area contributed by atoms with Crippen molar-refractivity contribution in [3.8, 4) is 33.4 Å². The molecule has 0 atom stereocenters. The minimum atomic E-state index is 0.863. The van der Waals surface area contributed by atoms with E-state index in [0.717, 1.165) is 44.6 Å². The fraction of sp³-hybridized carbons (Fsp3) is 0. The maximum atomic E-state index is 6.47. The summed E-state index contributed by atoms with van der Waals surface area (Å²) in [6.45, 7) is 0. The molecule has 0 aliphatic heterocycles. The number of fused-ring (bicyclic) bond motifs is 7. The van der Waals surface area contributed by atoms with Crippen LogP contribution < -0.4 is 4.90 Å². The lowest BCUT2D eigenvalue weighted by Gasteiger charge is -2.29. The molecule has 0 saturated heterocycles. The van der Waals surface area contributed by atoms with Gasteiger partial charge in [0.25, 0.3) is 0 Å². The summed E-state index contributed by atoms with van der Waals surface area (Å²) in [7, 11) is 0. The monoisotopic (exact) mass is 713 g/mol. The Labute approximate surface area is 325 Å². The van der Waals surface area contributed by atoms with E-state index in [9.17, 15) is 0 Å². The average Bonchev–Trinajstić information content (AvgIpc) is 3.66. The number of benzene rings is 10. The second kappa shape index (κ2) is 13.2. The first kappa shape index (κ1) is 32.0. The summed E-state index contributed by atoms with van der Waals surface area (Å²) in [5.74, 6) is 0. The molecule has 0 bridgehead atoms. The number of anilines is 3. The summed E-state index contributed by atoms with van der Waals surface area (Å²) in [5, 5.41) is 9.67. The Morgan fingerprint density at radius 1 is 0.286 bits per heavy atom. The zero-order valence-electron chi connectivity index (χ0n) is 30.6. The van der Waals surface area contributed by atoms with E-state index >= 15 is 0 Å². The van der Waals surface area contributed by atoms with E-state index in [4.69, 9.17) is 4.42 Å². The summed E-state index contributed by atoms with van der Waals surface area (Å²) < 4.78 is 6.47. The SMILES string of the molecule is c1ccc(-c2cccc3cccc(-c4ccccc4N(c4ccc(-c5cccc6c5ccc5ccccc56)cc4)c4cccc5oc6ccccc6c45)c23)cc1. The van der Waals surface area contributed by atoms with Crippen molar-refractivity contribution >= 4 is 71.3 Å². The van der Waals surface area contributed by atoms with Gasteiger partial charge in [-0.2, -0.15) is 0 Å². The number of para-hydroxylation sites is 2. The molecule has 0 amide bonds. The molecule has 1 aromatic heterocycles. The van der Waals surface area contributed by atoms with Gasteiger partial charge in [0.2, 0.25) is 0 Å². The molecule has 0 fully saturated rings. The molecule has 0 spiro atoms. The van der Waals surface area contributed by atoms with Gasteiger partial charge in [0.05, 0.1) is 16.8 Å². The molecule has 11 rings (SSSR count). The zero-order chi connectivity index (χ0) is 37.0. The summed E-state index contributed by atoms with van der Waals surface area (Å²) >= 11 is 0. The van der Waals surface area contributed by atoms with Crippen molar-refractivity contribution in [1.29, 1.82) is 0 Å². The van der Waals surface area contributed by atoms with Crippen molar-refractivity contribution in [2.75, 3.05) is 4.90 Å². The van der Waals surface area contributed by atoms with Crippen LogP contribution in [0.5, 0.6) is 0 Å². The fourth-order valence-electron chi connectivity index (χ4n) is 8.75. The molecule has 262 valence electrons. The Hall–Kier alpha value is -7.42. The highest BCUT2D eigenvalue weighted by atomic mass is 16.3. The maximum absolute atomic E-state index is 6.47. The van der Waals surface area contributed by atoms with Crippen molar-refractivity contribution in [2.45, 2.75) is 0 Å². The summed E-state index contributed by atoms with van der Waals surface area (Å²) in [4.78, 5) is 2.42. The van der Waals surface area contributed by atoms with E-state index in [1.54, 1.807) is 0 Å². The molecule has 1 heterocycles. The predicted molar refractivity (Wildman–Crippen MR) is 237 cm³/mol. The zero-order valence-corrected chi connectivity index (χ0v) is 30.6. The first-order valence-electron chi connectivity index (χ1n) is 19.2. The van der Waals surface area contributed by atoms with Crippen molar-refractivity contribution in [1.82, 2.24) is 0 Å². The molecule has 56 heavy (non-hydrogen) atoms. The Balaban J connectivity index is 1.15. The largest absolute Gasteiger partial charge is 0.456 e. The Bertz CT molecular complexity index is 3240. The van der Waals surface area contributed by atoms with Gasteiger partial charge in [0.15, 0.2) is 0 Å². The van der Waals surface area contributed by atoms with Gasteiger partial charge < -0.3 is 9.32 Å². The van der Waals surface area contributed by atoms with E-state index in [1.807, 2.05) is 6.07 Å². The molecule has 2 nitrogen and oxygen atoms in total. The van der Waals surface area contributed by atoms with Crippen LogP contribution in [-0.4, -0.2) is 0 Å². The van der Waals surface area contributed by atoms with Crippen LogP contribution in [0.2, 0.25) is 0 Å². The molecule has 0 aliphatic carbocycles. The second-order valence-corrected chi connectivity index (χ2v) is 14.4. The van der Waals surface area contributed by atoms with Gasteiger partial charge in [-0.15, -0.1) is 0 Å². The summed E-state index contributed by atoms with van der Waals surface area (Å²) in [5.41, 5.74) is 12.1. The smallest absolute Gasteiger partial charge is 0.137 e. The van der Waals surface area contributed by atoms with Crippen LogP contribution in [0.3, 0.4) is 0 Å². The third-order valence-electron chi connectivity index (χ3n) is 11.3. The molecule has 2 heteroatoms. The van der Waals surface area contributed by atoms with Crippen molar-refractivity contribution in [2.24, 2.45) is 0 Å². The lowest BCUT2D eigenvalue weighted by molar-refractivity contribution is 0.669. The number of rotatable bonds is 6. The summed E-state index contributed by atoms with van der Waals surface area (Å²) in [6, 6.07) is 76.5. The summed E-state index contributed by atoms with van der Waals surface area (Å²) in [6.07, 6.45) is 0. The van der Waals surface area contributed by atoms with E-state index in [0.29, 0.717) is 0 Å². The van der Waals surface area contributed by atoms with Crippen LogP contribution in [0.15, 0.2) is 217 Å². The lowest BCUT2D eigenvalue weighted by Crippen LogP contribution is -2.11. The third-order valence-corrected chi connectivity index (χ3v) is 11.3. The average molecular weight is 714 g/mol. The van der Waals surface area contributed by atoms with Crippen LogP contribution in [0, 0.1) is 0 Å². The number of hydrogen-bond donors (Lipinski definition) is 0. The normalized spacial score (nSPS) is 11.6. The molecule has 11 aromatic rings. The van der Waals surface area contributed by atoms with Crippen LogP contribution in [0.1, 0.15) is 0 Å². The van der Waals surface area contributed by atoms with Crippen molar-refractivity contribution < 1.29 is 4.42 Å². The molecule has 10 aromatic carbocycles. The van der Waals surface area contributed by atoms with Gasteiger partial charge in [0.1, 0.15) is 11.2 Å². The third kappa shape index (κ3) is 5.19. The molecular formula is C54H35NO. The van der Waals surface area contributed by atoms with Gasteiger partial charge in [-0.1, -0.05) is 176 Å². The number of furan rings is 1. The van der Waals surface area contributed by atoms with Gasteiger partial charge >= 0.3 is 0 Å². The van der Waals surface area contributed by atoms with Crippen LogP contribution in [-0.2, 0) is 0 Å². The van der Waals surface area contributed by atoms with E-state index in [-0.39, 0.29) is 0 Å². The van der Waals surface area contributed by atoms with Crippen LogP contribution in [0.25, 0.3) is 87.6 Å². The number of nitrogens with zero attached hydrogens (tertiary/aromatic N) is 1. The molecular weight excluding hydrogens is 679 g/mol. The van der Waals surface area contributed by atoms with Gasteiger partial charge in [0, 0.05) is 16.6 Å². The van der Waals surface area contributed by atoms with Crippen LogP contribution >= 0.6 is 0 Å². The molecule has 0 unspecified atom stereocenters. The quantitative estimate of drug-likeness (QED) is 0.160. The standard InChI is InChI=1S/C54H35NO/c1-2-14-36(15-3-1)43-23-10-17-39-18-11-25-47(53(39)43)46-20-6-8-26-49(46)55(50-27-13-29-52-54(50)48-21-7-9-28-51(48)56-52)40-33-30-38(31-34-40)42-22-12-24-44-41-19-5-4-16-37(41)32-35-45(42)44/h1-35H. The highest BCUT2D eigenvalue weighted by molar-refractivity contribution is 6.15. The predicted octanol–water partition coefficient (Wildman–Crippen LogP) is 15.5. The Morgan fingerprint density at radius 2 is 0.875 bits per heavy atom. The topological polar surface area (TPSA) is 16.4 Å². The van der Waals surface area contributed by atoms with Gasteiger partial charge in [-0.25, -0.2) is 0 Å². The first-order chi connectivity index (χ1) is 27.8. The van der Waals surface area contributed by atoms with Gasteiger partial charge in [-0.3, -0.25) is 0 Å². The first-order valence-corrected chi connectivity index (χ1v) is 19.2. The molecule has 0 saturated carbocycles. The van der Waals surface area contributed by atoms with E-state index < -0.39 is 0 Å². The fourth-order valence-corrected chi connectivity index (χ4v) is 8.75. The van der Waals surface area contributed by atoms with Crippen molar-refractivity contribution in [3.63, 3.8) is 0 Å². The van der Waals surface area contributed by atoms with Crippen LogP contribution in [0.4, 0.5) is 17.1 Å². The Morgan fingerprint density at radius 3 is 1.75 bits per heavy atom. The molecule has 0 N–H and O–H groups in total. The number of hydrogen-bond acceptors (Lipinski definition) is 2. The molecule has 0 aliphatic rings. The minimum Gasteiger partial charge on any atom is -0.456 e. The second-order valence-electron chi connectivity index (χ2n) is 14.4. The van der Waals surface area contributed by atoms with Crippen molar-refractivity contribution in [3.05, 3.63) is 212 Å². The minimum absolute atomic E-state index is 0.863. The highest BCUT2D eigenvalue weighted by Gasteiger charge is 2.23. The molecule has 0 radical (unpaired) electrons. The maximum Gasteiger partial charge on any atom is 0.137 e. The van der Waals surface area contributed by atoms with Gasteiger partial charge in [-0.05, 0) is 96.5 Å². The Kier molecular flexibility index (Phi) is 7.53. The highest BCUT2D eigenvalue weighted by Crippen LogP contribution is 2.48. The van der Waals surface area contributed by atoms with E-state index in [2.05, 4.69) is 211 Å². The van der Waals surface area contributed by atoms with E-state index in [1.165, 1.54) is 60.1 Å². The lowest BCUT2D eigenvalue weighted by atomic mass is 9.90.